The molecule has 3 aliphatic heterocycles. The Morgan fingerprint density at radius 2 is 1.72 bits per heavy atom. The molecule has 2 bridgehead atoms. The summed E-state index contributed by atoms with van der Waals surface area (Å²) in [5, 5.41) is 0. The lowest BCUT2D eigenvalue weighted by Crippen LogP contribution is -2.49. The van der Waals surface area contributed by atoms with Gasteiger partial charge in [0.2, 0.25) is 0 Å². The third-order valence-corrected chi connectivity index (χ3v) is 5.26. The maximum atomic E-state index is 12.6. The number of ether oxygens (including phenoxy) is 4. The van der Waals surface area contributed by atoms with Crippen LogP contribution in [-0.2, 0) is 33.3 Å². The molecular formula is C18H26O7. The van der Waals surface area contributed by atoms with E-state index < -0.39 is 65.2 Å². The molecule has 6 atom stereocenters. The summed E-state index contributed by atoms with van der Waals surface area (Å²) in [6, 6.07) is 0. The van der Waals surface area contributed by atoms with Crippen molar-refractivity contribution in [3.05, 3.63) is 0 Å². The van der Waals surface area contributed by atoms with Crippen molar-refractivity contribution in [3.8, 4) is 0 Å². The molecule has 0 spiro atoms. The minimum Gasteiger partial charge on any atom is -0.460 e. The predicted octanol–water partition coefficient (Wildman–Crippen LogP) is 1.61. The van der Waals surface area contributed by atoms with E-state index in [1.165, 1.54) is 0 Å². The van der Waals surface area contributed by atoms with Crippen LogP contribution in [0.5, 0.6) is 0 Å². The first-order valence-electron chi connectivity index (χ1n) is 8.76. The third kappa shape index (κ3) is 2.92. The minimum absolute atomic E-state index is 0.390. The van der Waals surface area contributed by atoms with E-state index in [4.69, 9.17) is 18.9 Å². The van der Waals surface area contributed by atoms with Gasteiger partial charge in [0.15, 0.2) is 12.2 Å². The highest BCUT2D eigenvalue weighted by Crippen LogP contribution is 2.52. The van der Waals surface area contributed by atoms with Crippen LogP contribution < -0.4 is 0 Å². The molecule has 3 aliphatic rings. The van der Waals surface area contributed by atoms with Crippen LogP contribution in [0.2, 0.25) is 0 Å². The molecule has 0 N–H and O–H groups in total. The van der Waals surface area contributed by atoms with E-state index in [0.29, 0.717) is 6.42 Å². The van der Waals surface area contributed by atoms with Crippen LogP contribution in [0, 0.1) is 17.3 Å². The van der Waals surface area contributed by atoms with Gasteiger partial charge in [-0.05, 0) is 41.0 Å². The van der Waals surface area contributed by atoms with Gasteiger partial charge in [-0.15, -0.1) is 0 Å². The Balaban J connectivity index is 1.83. The zero-order chi connectivity index (χ0) is 18.7. The molecule has 3 saturated heterocycles. The van der Waals surface area contributed by atoms with E-state index in [1.807, 2.05) is 6.92 Å². The molecule has 0 aromatic carbocycles. The fourth-order valence-electron chi connectivity index (χ4n) is 3.54. The lowest BCUT2D eigenvalue weighted by atomic mass is 9.78. The summed E-state index contributed by atoms with van der Waals surface area (Å²) in [6.45, 7) is 10.8. The van der Waals surface area contributed by atoms with E-state index in [1.54, 1.807) is 34.6 Å². The number of hydrogen-bond acceptors (Lipinski definition) is 7. The summed E-state index contributed by atoms with van der Waals surface area (Å²) < 4.78 is 22.3. The molecule has 3 fully saturated rings. The smallest absolute Gasteiger partial charge is 0.313 e. The lowest BCUT2D eigenvalue weighted by molar-refractivity contribution is -0.174. The van der Waals surface area contributed by atoms with Gasteiger partial charge in [0, 0.05) is 0 Å². The SMILES string of the molecule is CCC(C)(C)C(=O)OC1C2OC(=O)C3C2OC1C3C(=O)OC(C)(C)C. The van der Waals surface area contributed by atoms with Crippen molar-refractivity contribution in [2.45, 2.75) is 78.0 Å². The summed E-state index contributed by atoms with van der Waals surface area (Å²) in [7, 11) is 0. The van der Waals surface area contributed by atoms with E-state index in [0.717, 1.165) is 0 Å². The predicted molar refractivity (Wildman–Crippen MR) is 85.3 cm³/mol. The lowest BCUT2D eigenvalue weighted by Gasteiger charge is -2.31. The Labute approximate surface area is 147 Å². The van der Waals surface area contributed by atoms with Crippen molar-refractivity contribution in [1.82, 2.24) is 0 Å². The maximum Gasteiger partial charge on any atom is 0.313 e. The highest BCUT2D eigenvalue weighted by atomic mass is 16.7. The molecule has 0 aromatic heterocycles. The van der Waals surface area contributed by atoms with Gasteiger partial charge in [-0.3, -0.25) is 14.4 Å². The van der Waals surface area contributed by atoms with E-state index >= 15 is 0 Å². The summed E-state index contributed by atoms with van der Waals surface area (Å²) in [6.07, 6.45) is -2.08. The molecule has 3 heterocycles. The molecule has 0 saturated carbocycles. The number of fused-ring (bicyclic) bond motifs is 1. The van der Waals surface area contributed by atoms with Crippen molar-refractivity contribution < 1.29 is 33.3 Å². The van der Waals surface area contributed by atoms with Crippen molar-refractivity contribution in [2.75, 3.05) is 0 Å². The minimum atomic E-state index is -0.807. The molecule has 7 heteroatoms. The number of carbonyl (C=O) groups excluding carboxylic acids is 3. The second-order valence-electron chi connectivity index (χ2n) is 8.66. The van der Waals surface area contributed by atoms with Crippen molar-refractivity contribution in [1.29, 1.82) is 0 Å². The summed E-state index contributed by atoms with van der Waals surface area (Å²) in [5.41, 5.74) is -1.34. The number of esters is 3. The highest BCUT2D eigenvalue weighted by molar-refractivity contribution is 5.87. The highest BCUT2D eigenvalue weighted by Gasteiger charge is 2.72. The van der Waals surface area contributed by atoms with E-state index in [9.17, 15) is 14.4 Å². The van der Waals surface area contributed by atoms with Gasteiger partial charge < -0.3 is 18.9 Å². The summed E-state index contributed by atoms with van der Waals surface area (Å²) in [5.74, 6) is -2.88. The van der Waals surface area contributed by atoms with Gasteiger partial charge in [-0.2, -0.15) is 0 Å². The monoisotopic (exact) mass is 354 g/mol. The molecule has 0 aliphatic carbocycles. The van der Waals surface area contributed by atoms with Crippen LogP contribution in [0.15, 0.2) is 0 Å². The van der Waals surface area contributed by atoms with Gasteiger partial charge in [0.05, 0.1) is 5.41 Å². The number of rotatable bonds is 4. The van der Waals surface area contributed by atoms with Crippen LogP contribution in [0.4, 0.5) is 0 Å². The zero-order valence-electron chi connectivity index (χ0n) is 15.5. The second kappa shape index (κ2) is 5.69. The van der Waals surface area contributed by atoms with E-state index in [-0.39, 0.29) is 0 Å². The summed E-state index contributed by atoms with van der Waals surface area (Å²) >= 11 is 0. The average Bonchev–Trinajstić information content (AvgIpc) is 3.08. The van der Waals surface area contributed by atoms with Crippen LogP contribution in [0.3, 0.4) is 0 Å². The largest absolute Gasteiger partial charge is 0.460 e. The Morgan fingerprint density at radius 3 is 2.28 bits per heavy atom. The molecule has 7 nitrogen and oxygen atoms in total. The second-order valence-corrected chi connectivity index (χ2v) is 8.66. The molecule has 3 rings (SSSR count). The Bertz CT molecular complexity index is 603. The first kappa shape index (κ1) is 18.2. The van der Waals surface area contributed by atoms with Crippen LogP contribution in [0.1, 0.15) is 48.0 Å². The standard InChI is InChI=1S/C18H26O7/c1-7-18(5,6)16(21)24-13-11-9(15(20)25-17(2,3)4)8-10(22-11)12(13)23-14(8)19/h8-13H,7H2,1-6H3. The van der Waals surface area contributed by atoms with Crippen molar-refractivity contribution in [2.24, 2.45) is 17.3 Å². The fraction of sp³-hybridized carbons (Fsp3) is 0.833. The Morgan fingerprint density at radius 1 is 1.08 bits per heavy atom. The molecule has 0 radical (unpaired) electrons. The molecule has 0 amide bonds. The fourth-order valence-corrected chi connectivity index (χ4v) is 3.54. The normalized spacial score (nSPS) is 36.3. The molecule has 140 valence electrons. The first-order valence-corrected chi connectivity index (χ1v) is 8.76. The van der Waals surface area contributed by atoms with E-state index in [2.05, 4.69) is 0 Å². The molecular weight excluding hydrogens is 328 g/mol. The Hall–Kier alpha value is -1.63. The van der Waals surface area contributed by atoms with Gasteiger partial charge >= 0.3 is 17.9 Å². The molecule has 6 unspecified atom stereocenters. The van der Waals surface area contributed by atoms with Gasteiger partial charge in [0.1, 0.15) is 29.6 Å². The quantitative estimate of drug-likeness (QED) is 0.560. The Kier molecular flexibility index (Phi) is 4.14. The zero-order valence-corrected chi connectivity index (χ0v) is 15.5. The summed E-state index contributed by atoms with van der Waals surface area (Å²) in [4.78, 5) is 37.3. The van der Waals surface area contributed by atoms with Gasteiger partial charge in [-0.1, -0.05) is 6.92 Å². The molecule has 25 heavy (non-hydrogen) atoms. The maximum absolute atomic E-state index is 12.6. The van der Waals surface area contributed by atoms with Crippen LogP contribution >= 0.6 is 0 Å². The third-order valence-electron chi connectivity index (χ3n) is 5.26. The topological polar surface area (TPSA) is 88.1 Å². The first-order chi connectivity index (χ1) is 11.5. The van der Waals surface area contributed by atoms with Crippen LogP contribution in [0.25, 0.3) is 0 Å². The van der Waals surface area contributed by atoms with Gasteiger partial charge in [0.25, 0.3) is 0 Å². The average molecular weight is 354 g/mol. The van der Waals surface area contributed by atoms with Crippen molar-refractivity contribution in [3.63, 3.8) is 0 Å². The van der Waals surface area contributed by atoms with Gasteiger partial charge in [-0.25, -0.2) is 0 Å². The van der Waals surface area contributed by atoms with Crippen LogP contribution in [-0.4, -0.2) is 47.9 Å². The molecule has 0 aromatic rings. The number of carbonyl (C=O) groups is 3. The number of hydrogen-bond donors (Lipinski definition) is 0. The van der Waals surface area contributed by atoms with Crippen molar-refractivity contribution >= 4 is 17.9 Å².